The average molecular weight is 193 g/mol. The molecule has 0 heterocycles. The Morgan fingerprint density at radius 3 is 2.57 bits per heavy atom. The number of nitriles is 1. The van der Waals surface area contributed by atoms with Crippen molar-refractivity contribution in [3.05, 3.63) is 11.6 Å². The number of amides is 1. The summed E-state index contributed by atoms with van der Waals surface area (Å²) in [5.41, 5.74) is 4.71. The quantitative estimate of drug-likeness (QED) is 0.502. The van der Waals surface area contributed by atoms with Crippen molar-refractivity contribution in [2.24, 2.45) is 5.73 Å². The number of nitrogens with one attached hydrogen (secondary N) is 1. The predicted molar refractivity (Wildman–Crippen MR) is 53.1 cm³/mol. The molecule has 1 fully saturated rings. The lowest BCUT2D eigenvalue weighted by Gasteiger charge is -2.22. The van der Waals surface area contributed by atoms with E-state index in [9.17, 15) is 4.79 Å². The van der Waals surface area contributed by atoms with Gasteiger partial charge in [-0.2, -0.15) is 5.26 Å². The fourth-order valence-electron chi connectivity index (χ4n) is 1.31. The van der Waals surface area contributed by atoms with Crippen LogP contribution in [0.15, 0.2) is 11.6 Å². The van der Waals surface area contributed by atoms with E-state index in [1.807, 2.05) is 13.8 Å². The van der Waals surface area contributed by atoms with Crippen molar-refractivity contribution < 1.29 is 4.79 Å². The third-order valence-corrected chi connectivity index (χ3v) is 2.04. The molecule has 0 bridgehead atoms. The first kappa shape index (κ1) is 10.7. The molecular formula is C10H15N3O. The summed E-state index contributed by atoms with van der Waals surface area (Å²) in [6, 6.07) is 2.32. The molecule has 0 aromatic rings. The number of hydrogen-bond donors (Lipinski definition) is 2. The monoisotopic (exact) mass is 193 g/mol. The molecular weight excluding hydrogens is 178 g/mol. The summed E-state index contributed by atoms with van der Waals surface area (Å²) in [4.78, 5) is 10.8. The van der Waals surface area contributed by atoms with Gasteiger partial charge >= 0.3 is 0 Å². The highest BCUT2D eigenvalue weighted by atomic mass is 16.1. The molecule has 0 radical (unpaired) electrons. The molecule has 4 heteroatoms. The molecule has 76 valence electrons. The fraction of sp³-hybridized carbons (Fsp3) is 0.600. The SMILES string of the molecule is CC(C)(C=C(C#N)C(N)=O)NC1CC1. The summed E-state index contributed by atoms with van der Waals surface area (Å²) < 4.78 is 0. The highest BCUT2D eigenvalue weighted by Crippen LogP contribution is 2.23. The van der Waals surface area contributed by atoms with Crippen LogP contribution in [0.3, 0.4) is 0 Å². The van der Waals surface area contributed by atoms with Gasteiger partial charge in [-0.25, -0.2) is 0 Å². The lowest BCUT2D eigenvalue weighted by molar-refractivity contribution is -0.114. The summed E-state index contributed by atoms with van der Waals surface area (Å²) in [7, 11) is 0. The first-order chi connectivity index (χ1) is 6.44. The molecule has 1 aliphatic rings. The zero-order valence-electron chi connectivity index (χ0n) is 8.50. The number of rotatable bonds is 4. The third-order valence-electron chi connectivity index (χ3n) is 2.04. The second kappa shape index (κ2) is 3.81. The normalized spacial score (nSPS) is 17.6. The van der Waals surface area contributed by atoms with Gasteiger partial charge in [0.15, 0.2) is 0 Å². The minimum Gasteiger partial charge on any atom is -0.365 e. The van der Waals surface area contributed by atoms with E-state index in [1.54, 1.807) is 12.1 Å². The zero-order chi connectivity index (χ0) is 10.8. The molecule has 0 spiro atoms. The maximum absolute atomic E-state index is 10.8. The van der Waals surface area contributed by atoms with Crippen LogP contribution >= 0.6 is 0 Å². The van der Waals surface area contributed by atoms with E-state index in [0.717, 1.165) is 12.8 Å². The standard InChI is InChI=1S/C10H15N3O/c1-10(2,13-8-3-4-8)5-7(6-11)9(12)14/h5,8,13H,3-4H2,1-2H3,(H2,12,14). The lowest BCUT2D eigenvalue weighted by atomic mass is 10.0. The van der Waals surface area contributed by atoms with Gasteiger partial charge in [-0.05, 0) is 32.8 Å². The summed E-state index contributed by atoms with van der Waals surface area (Å²) in [5, 5.41) is 12.0. The Morgan fingerprint density at radius 2 is 2.21 bits per heavy atom. The summed E-state index contributed by atoms with van der Waals surface area (Å²) >= 11 is 0. The van der Waals surface area contributed by atoms with Crippen molar-refractivity contribution in [2.45, 2.75) is 38.3 Å². The molecule has 0 atom stereocenters. The Bertz CT molecular complexity index is 308. The molecule has 3 N–H and O–H groups in total. The first-order valence-corrected chi connectivity index (χ1v) is 4.65. The molecule has 0 aliphatic heterocycles. The van der Waals surface area contributed by atoms with Crippen molar-refractivity contribution in [1.82, 2.24) is 5.32 Å². The van der Waals surface area contributed by atoms with Crippen LogP contribution in [0.25, 0.3) is 0 Å². The minimum absolute atomic E-state index is 0.0168. The number of primary amides is 1. The van der Waals surface area contributed by atoms with Crippen LogP contribution < -0.4 is 11.1 Å². The van der Waals surface area contributed by atoms with E-state index in [0.29, 0.717) is 6.04 Å². The van der Waals surface area contributed by atoms with Crippen LogP contribution in [0.2, 0.25) is 0 Å². The van der Waals surface area contributed by atoms with Crippen LogP contribution in [0.5, 0.6) is 0 Å². The Morgan fingerprint density at radius 1 is 1.64 bits per heavy atom. The summed E-state index contributed by atoms with van der Waals surface area (Å²) in [6.07, 6.45) is 3.92. The first-order valence-electron chi connectivity index (χ1n) is 4.65. The van der Waals surface area contributed by atoms with Gasteiger partial charge in [-0.1, -0.05) is 0 Å². The molecule has 4 nitrogen and oxygen atoms in total. The molecule has 1 aliphatic carbocycles. The van der Waals surface area contributed by atoms with Crippen LogP contribution in [-0.4, -0.2) is 17.5 Å². The number of carbonyl (C=O) groups is 1. The van der Waals surface area contributed by atoms with Gasteiger partial charge in [-0.15, -0.1) is 0 Å². The van der Waals surface area contributed by atoms with Crippen LogP contribution in [0.4, 0.5) is 0 Å². The lowest BCUT2D eigenvalue weighted by Crippen LogP contribution is -2.39. The van der Waals surface area contributed by atoms with E-state index in [-0.39, 0.29) is 11.1 Å². The van der Waals surface area contributed by atoms with E-state index in [4.69, 9.17) is 11.0 Å². The van der Waals surface area contributed by atoms with Gasteiger partial charge in [-0.3, -0.25) is 4.79 Å². The van der Waals surface area contributed by atoms with Gasteiger partial charge in [0.2, 0.25) is 0 Å². The van der Waals surface area contributed by atoms with E-state index in [2.05, 4.69) is 5.32 Å². The summed E-state index contributed by atoms with van der Waals surface area (Å²) in [5.74, 6) is -0.668. The fourth-order valence-corrected chi connectivity index (χ4v) is 1.31. The van der Waals surface area contributed by atoms with Crippen molar-refractivity contribution in [2.75, 3.05) is 0 Å². The van der Waals surface area contributed by atoms with E-state index >= 15 is 0 Å². The second-order valence-corrected chi connectivity index (χ2v) is 4.17. The Kier molecular flexibility index (Phi) is 2.92. The largest absolute Gasteiger partial charge is 0.365 e. The van der Waals surface area contributed by atoms with Gasteiger partial charge in [0, 0.05) is 11.6 Å². The highest BCUT2D eigenvalue weighted by molar-refractivity contribution is 5.96. The molecule has 0 aromatic carbocycles. The van der Waals surface area contributed by atoms with Crippen molar-refractivity contribution >= 4 is 5.91 Å². The van der Waals surface area contributed by atoms with Gasteiger partial charge in [0.05, 0.1) is 0 Å². The topological polar surface area (TPSA) is 78.9 Å². The molecule has 1 saturated carbocycles. The Labute approximate surface area is 83.8 Å². The average Bonchev–Trinajstić information content (AvgIpc) is 2.82. The maximum atomic E-state index is 10.8. The van der Waals surface area contributed by atoms with Gasteiger partial charge < -0.3 is 11.1 Å². The second-order valence-electron chi connectivity index (χ2n) is 4.17. The molecule has 0 unspecified atom stereocenters. The van der Waals surface area contributed by atoms with E-state index < -0.39 is 5.91 Å². The molecule has 14 heavy (non-hydrogen) atoms. The molecule has 1 amide bonds. The molecule has 1 rings (SSSR count). The number of carbonyl (C=O) groups excluding carboxylic acids is 1. The predicted octanol–water partition coefficient (Wildman–Crippen LogP) is 0.452. The van der Waals surface area contributed by atoms with E-state index in [1.165, 1.54) is 0 Å². The Hall–Kier alpha value is -1.34. The van der Waals surface area contributed by atoms with Crippen LogP contribution in [-0.2, 0) is 4.79 Å². The number of hydrogen-bond acceptors (Lipinski definition) is 3. The number of nitrogens with zero attached hydrogens (tertiary/aromatic N) is 1. The maximum Gasteiger partial charge on any atom is 0.259 e. The van der Waals surface area contributed by atoms with Crippen molar-refractivity contribution in [3.63, 3.8) is 0 Å². The molecule has 0 aromatic heterocycles. The third kappa shape index (κ3) is 3.19. The van der Waals surface area contributed by atoms with Crippen LogP contribution in [0.1, 0.15) is 26.7 Å². The van der Waals surface area contributed by atoms with Crippen LogP contribution in [0, 0.1) is 11.3 Å². The highest BCUT2D eigenvalue weighted by Gasteiger charge is 2.28. The number of nitrogens with two attached hydrogens (primary N) is 1. The van der Waals surface area contributed by atoms with Crippen molar-refractivity contribution in [3.8, 4) is 6.07 Å². The smallest absolute Gasteiger partial charge is 0.259 e. The Balaban J connectivity index is 2.70. The van der Waals surface area contributed by atoms with Gasteiger partial charge in [0.1, 0.15) is 11.6 Å². The van der Waals surface area contributed by atoms with Crippen molar-refractivity contribution in [1.29, 1.82) is 5.26 Å². The minimum atomic E-state index is -0.668. The summed E-state index contributed by atoms with van der Waals surface area (Å²) in [6.45, 7) is 3.84. The zero-order valence-corrected chi connectivity index (χ0v) is 8.50. The van der Waals surface area contributed by atoms with Gasteiger partial charge in [0.25, 0.3) is 5.91 Å². The molecule has 0 saturated heterocycles.